The summed E-state index contributed by atoms with van der Waals surface area (Å²) in [6, 6.07) is 9.02. The van der Waals surface area contributed by atoms with Crippen LogP contribution in [0.25, 0.3) is 0 Å². The molecule has 2 rings (SSSR count). The van der Waals surface area contributed by atoms with Crippen LogP contribution in [0.3, 0.4) is 0 Å². The molecule has 1 aromatic carbocycles. The van der Waals surface area contributed by atoms with Crippen molar-refractivity contribution in [1.82, 2.24) is 4.72 Å². The summed E-state index contributed by atoms with van der Waals surface area (Å²) >= 11 is 3.47. The Morgan fingerprint density at radius 1 is 1.25 bits per heavy atom. The van der Waals surface area contributed by atoms with Crippen LogP contribution in [0, 0.1) is 6.92 Å². The zero-order valence-electron chi connectivity index (χ0n) is 11.1. The van der Waals surface area contributed by atoms with Crippen LogP contribution < -0.4 is 10.0 Å². The Bertz CT molecular complexity index is 710. The highest BCUT2D eigenvalue weighted by Crippen LogP contribution is 2.24. The normalized spacial score (nSPS) is 11.6. The minimum absolute atomic E-state index is 0.0835. The molecule has 0 amide bonds. The van der Waals surface area contributed by atoms with Crippen molar-refractivity contribution in [3.63, 3.8) is 0 Å². The predicted molar refractivity (Wildman–Crippen MR) is 81.2 cm³/mol. The zero-order valence-corrected chi connectivity index (χ0v) is 13.5. The smallest absolute Gasteiger partial charge is 0.273 e. The number of furan rings is 1. The van der Waals surface area contributed by atoms with Gasteiger partial charge in [0.1, 0.15) is 5.76 Å². The van der Waals surface area contributed by atoms with E-state index >= 15 is 0 Å². The molecule has 0 radical (unpaired) electrons. The third-order valence-electron chi connectivity index (χ3n) is 2.75. The molecule has 0 aliphatic rings. The molecule has 1 aromatic heterocycles. The fourth-order valence-electron chi connectivity index (χ4n) is 1.64. The molecule has 0 aliphatic heterocycles. The van der Waals surface area contributed by atoms with Crippen molar-refractivity contribution in [2.45, 2.75) is 18.6 Å². The second-order valence-electron chi connectivity index (χ2n) is 4.27. The summed E-state index contributed by atoms with van der Waals surface area (Å²) in [5.74, 6) is 0.548. The highest BCUT2D eigenvalue weighted by atomic mass is 79.9. The Morgan fingerprint density at radius 3 is 2.65 bits per heavy atom. The van der Waals surface area contributed by atoms with Crippen molar-refractivity contribution in [3.05, 3.63) is 46.1 Å². The molecule has 1 heterocycles. The van der Waals surface area contributed by atoms with Crippen molar-refractivity contribution in [1.29, 1.82) is 0 Å². The van der Waals surface area contributed by atoms with E-state index in [0.29, 0.717) is 12.3 Å². The van der Waals surface area contributed by atoms with E-state index < -0.39 is 10.0 Å². The van der Waals surface area contributed by atoms with Crippen LogP contribution in [-0.2, 0) is 16.6 Å². The van der Waals surface area contributed by atoms with E-state index in [1.54, 1.807) is 6.07 Å². The summed E-state index contributed by atoms with van der Waals surface area (Å²) in [5.41, 5.74) is 2.08. The summed E-state index contributed by atoms with van der Waals surface area (Å²) in [6.07, 6.45) is 0. The maximum absolute atomic E-state index is 11.5. The minimum atomic E-state index is -3.53. The number of anilines is 1. The Labute approximate surface area is 126 Å². The number of benzene rings is 1. The largest absolute Gasteiger partial charge is 0.446 e. The van der Waals surface area contributed by atoms with Crippen molar-refractivity contribution in [3.8, 4) is 0 Å². The topological polar surface area (TPSA) is 71.3 Å². The van der Waals surface area contributed by atoms with E-state index in [1.165, 1.54) is 13.1 Å². The molecule has 0 saturated carbocycles. The molecule has 0 spiro atoms. The lowest BCUT2D eigenvalue weighted by atomic mass is 10.2. The van der Waals surface area contributed by atoms with Gasteiger partial charge in [-0.3, -0.25) is 0 Å². The quantitative estimate of drug-likeness (QED) is 0.861. The highest BCUT2D eigenvalue weighted by Gasteiger charge is 2.16. The predicted octanol–water partition coefficient (Wildman–Crippen LogP) is 2.87. The van der Waals surface area contributed by atoms with Crippen molar-refractivity contribution in [2.75, 3.05) is 12.4 Å². The van der Waals surface area contributed by atoms with Gasteiger partial charge in [0.25, 0.3) is 10.0 Å². The lowest BCUT2D eigenvalue weighted by Gasteiger charge is -2.07. The van der Waals surface area contributed by atoms with E-state index in [2.05, 4.69) is 26.0 Å². The Balaban J connectivity index is 2.08. The van der Waals surface area contributed by atoms with E-state index in [1.807, 2.05) is 25.1 Å². The molecule has 2 N–H and O–H groups in total. The van der Waals surface area contributed by atoms with Gasteiger partial charge < -0.3 is 9.73 Å². The number of hydrogen-bond donors (Lipinski definition) is 2. The Kier molecular flexibility index (Phi) is 4.52. The van der Waals surface area contributed by atoms with Crippen LogP contribution in [0.15, 0.2) is 44.3 Å². The van der Waals surface area contributed by atoms with Crippen LogP contribution in [0.5, 0.6) is 0 Å². The summed E-state index contributed by atoms with van der Waals surface area (Å²) < 4.78 is 31.6. The fraction of sp³-hybridized carbons (Fsp3) is 0.231. The third-order valence-corrected chi connectivity index (χ3v) is 4.69. The van der Waals surface area contributed by atoms with E-state index in [-0.39, 0.29) is 5.09 Å². The summed E-state index contributed by atoms with van der Waals surface area (Å²) in [5, 5.41) is 3.10. The first-order chi connectivity index (χ1) is 9.42. The number of rotatable bonds is 5. The van der Waals surface area contributed by atoms with Gasteiger partial charge in [-0.25, -0.2) is 13.1 Å². The lowest BCUT2D eigenvalue weighted by molar-refractivity contribution is 0.417. The average Bonchev–Trinajstić information content (AvgIpc) is 2.87. The van der Waals surface area contributed by atoms with Crippen molar-refractivity contribution >= 4 is 31.6 Å². The van der Waals surface area contributed by atoms with Crippen LogP contribution in [0.1, 0.15) is 11.3 Å². The molecular formula is C13H15BrN2O3S. The first kappa shape index (κ1) is 15.1. The maximum Gasteiger partial charge on any atom is 0.273 e. The second-order valence-corrected chi connectivity index (χ2v) is 6.94. The van der Waals surface area contributed by atoms with Crippen LogP contribution in [0.4, 0.5) is 5.69 Å². The van der Waals surface area contributed by atoms with E-state index in [9.17, 15) is 8.42 Å². The van der Waals surface area contributed by atoms with Gasteiger partial charge in [0.15, 0.2) is 0 Å². The summed E-state index contributed by atoms with van der Waals surface area (Å²) in [4.78, 5) is 0. The number of halogens is 1. The highest BCUT2D eigenvalue weighted by molar-refractivity contribution is 9.10. The molecule has 0 fully saturated rings. The molecule has 5 nitrogen and oxygen atoms in total. The number of aryl methyl sites for hydroxylation is 1. The molecule has 0 atom stereocenters. The van der Waals surface area contributed by atoms with Crippen LogP contribution in [0.2, 0.25) is 0 Å². The van der Waals surface area contributed by atoms with Crippen LogP contribution >= 0.6 is 15.9 Å². The first-order valence-corrected chi connectivity index (χ1v) is 8.22. The van der Waals surface area contributed by atoms with Crippen molar-refractivity contribution in [2.24, 2.45) is 0 Å². The first-order valence-electron chi connectivity index (χ1n) is 5.94. The molecule has 2 aromatic rings. The Morgan fingerprint density at radius 2 is 2.00 bits per heavy atom. The molecule has 108 valence electrons. The van der Waals surface area contributed by atoms with E-state index in [0.717, 1.165) is 15.7 Å². The van der Waals surface area contributed by atoms with Gasteiger partial charge >= 0.3 is 0 Å². The average molecular weight is 359 g/mol. The second kappa shape index (κ2) is 5.99. The van der Waals surface area contributed by atoms with Gasteiger partial charge in [-0.05, 0) is 59.7 Å². The molecule has 20 heavy (non-hydrogen) atoms. The van der Waals surface area contributed by atoms with Gasteiger partial charge in [-0.15, -0.1) is 0 Å². The van der Waals surface area contributed by atoms with E-state index in [4.69, 9.17) is 4.42 Å². The number of hydrogen-bond acceptors (Lipinski definition) is 4. The molecule has 0 bridgehead atoms. The SMILES string of the molecule is CNS(=O)(=O)c1ccc(CNc2ccc(C)cc2Br)o1. The van der Waals surface area contributed by atoms with Gasteiger partial charge in [-0.2, -0.15) is 0 Å². The van der Waals surface area contributed by atoms with Gasteiger partial charge in [0, 0.05) is 10.2 Å². The molecule has 0 saturated heterocycles. The molecule has 0 unspecified atom stereocenters. The summed E-state index contributed by atoms with van der Waals surface area (Å²) in [7, 11) is -2.18. The molecule has 0 aliphatic carbocycles. The standard InChI is InChI=1S/C13H15BrN2O3S/c1-9-3-5-12(11(14)7-9)16-8-10-4-6-13(19-10)20(17,18)15-2/h3-7,15-16H,8H2,1-2H3. The number of nitrogens with one attached hydrogen (secondary N) is 2. The molecule has 7 heteroatoms. The Hall–Kier alpha value is -1.31. The van der Waals surface area contributed by atoms with Crippen LogP contribution in [-0.4, -0.2) is 15.5 Å². The number of sulfonamides is 1. The lowest BCUT2D eigenvalue weighted by Crippen LogP contribution is -2.17. The minimum Gasteiger partial charge on any atom is -0.446 e. The maximum atomic E-state index is 11.5. The fourth-order valence-corrected chi connectivity index (χ4v) is 2.94. The zero-order chi connectivity index (χ0) is 14.8. The molecular weight excluding hydrogens is 344 g/mol. The van der Waals surface area contributed by atoms with Crippen molar-refractivity contribution < 1.29 is 12.8 Å². The monoisotopic (exact) mass is 358 g/mol. The van der Waals surface area contributed by atoms with Gasteiger partial charge in [0.2, 0.25) is 5.09 Å². The van der Waals surface area contributed by atoms with Gasteiger partial charge in [0.05, 0.1) is 6.54 Å². The summed E-state index contributed by atoms with van der Waals surface area (Å²) in [6.45, 7) is 2.41. The van der Waals surface area contributed by atoms with Gasteiger partial charge in [-0.1, -0.05) is 6.07 Å². The third kappa shape index (κ3) is 3.41.